The number of aromatic nitrogens is 6. The first-order valence-electron chi connectivity index (χ1n) is 11.5. The topological polar surface area (TPSA) is 112 Å². The lowest BCUT2D eigenvalue weighted by atomic mass is 10.2. The Kier molecular flexibility index (Phi) is 7.18. The average Bonchev–Trinajstić information content (AvgIpc) is 3.67. The molecule has 0 spiro atoms. The number of thiazole rings is 1. The van der Waals surface area contributed by atoms with Crippen molar-refractivity contribution in [1.82, 2.24) is 29.9 Å². The summed E-state index contributed by atoms with van der Waals surface area (Å²) in [5.41, 5.74) is 2.01. The molecule has 0 fully saturated rings. The highest BCUT2D eigenvalue weighted by Gasteiger charge is 2.20. The molecule has 1 aromatic carbocycles. The molecule has 10 nitrogen and oxygen atoms in total. The number of ether oxygens (including phenoxy) is 1. The van der Waals surface area contributed by atoms with Crippen LogP contribution in [0.5, 0.6) is 0 Å². The summed E-state index contributed by atoms with van der Waals surface area (Å²) in [5, 5.41) is 10.7. The van der Waals surface area contributed by atoms with E-state index in [0.29, 0.717) is 27.7 Å². The van der Waals surface area contributed by atoms with Gasteiger partial charge in [-0.15, -0.1) is 11.3 Å². The van der Waals surface area contributed by atoms with Crippen molar-refractivity contribution in [2.45, 2.75) is 20.0 Å². The van der Waals surface area contributed by atoms with Crippen molar-refractivity contribution in [2.24, 2.45) is 0 Å². The van der Waals surface area contributed by atoms with Crippen LogP contribution in [0, 0.1) is 11.6 Å². The van der Waals surface area contributed by atoms with E-state index in [2.05, 4.69) is 25.2 Å². The molecule has 0 N–H and O–H groups in total. The van der Waals surface area contributed by atoms with Gasteiger partial charge in [0, 0.05) is 24.1 Å². The minimum Gasteiger partial charge on any atom is -0.461 e. The van der Waals surface area contributed by atoms with Crippen molar-refractivity contribution in [3.8, 4) is 22.9 Å². The van der Waals surface area contributed by atoms with E-state index in [1.807, 2.05) is 0 Å². The van der Waals surface area contributed by atoms with E-state index in [0.717, 1.165) is 6.20 Å². The summed E-state index contributed by atoms with van der Waals surface area (Å²) in [6, 6.07) is 9.72. The molecule has 0 radical (unpaired) electrons. The average molecular weight is 538 g/mol. The van der Waals surface area contributed by atoms with Crippen LogP contribution in [-0.2, 0) is 17.8 Å². The molecule has 0 saturated carbocycles. The summed E-state index contributed by atoms with van der Waals surface area (Å²) in [6.45, 7) is 2.28. The Balaban J connectivity index is 1.44. The van der Waals surface area contributed by atoms with E-state index >= 15 is 0 Å². The van der Waals surface area contributed by atoms with Gasteiger partial charge in [-0.25, -0.2) is 28.5 Å². The maximum Gasteiger partial charge on any atom is 0.357 e. The summed E-state index contributed by atoms with van der Waals surface area (Å²) in [5.74, 6) is -1.33. The molecule has 4 heterocycles. The van der Waals surface area contributed by atoms with Gasteiger partial charge in [-0.05, 0) is 19.1 Å². The number of rotatable bonds is 9. The first-order chi connectivity index (χ1) is 18.4. The van der Waals surface area contributed by atoms with E-state index in [1.54, 1.807) is 59.3 Å². The fourth-order valence-corrected chi connectivity index (χ4v) is 4.51. The molecule has 0 atom stereocenters. The largest absolute Gasteiger partial charge is 0.461 e. The molecular weight excluding hydrogens is 516 g/mol. The lowest BCUT2D eigenvalue weighted by Crippen LogP contribution is -2.20. The Labute approximate surface area is 219 Å². The molecular formula is C25H21F2N7O3S. The standard InChI is InChI=1S/C25H21F2N7O3S/c1-3-36-25(35)20-14-38-22(29-20)13-33(2)24-17(27)11-28-23(30-24)19-10-21(18-8-9-37-32-18)34(31-19)12-15-6-4-5-7-16(15)26/h4-11,14H,3,12-13H2,1-2H3. The molecule has 38 heavy (non-hydrogen) atoms. The van der Waals surface area contributed by atoms with Gasteiger partial charge in [0.05, 0.1) is 31.6 Å². The Morgan fingerprint density at radius 3 is 2.76 bits per heavy atom. The monoisotopic (exact) mass is 537 g/mol. The van der Waals surface area contributed by atoms with Gasteiger partial charge < -0.3 is 14.2 Å². The van der Waals surface area contributed by atoms with Gasteiger partial charge in [-0.2, -0.15) is 5.10 Å². The molecule has 5 rings (SSSR count). The number of anilines is 1. The molecule has 0 aliphatic heterocycles. The zero-order chi connectivity index (χ0) is 26.6. The molecule has 194 valence electrons. The van der Waals surface area contributed by atoms with Crippen molar-refractivity contribution in [3.63, 3.8) is 0 Å². The van der Waals surface area contributed by atoms with Gasteiger partial charge in [0.25, 0.3) is 0 Å². The van der Waals surface area contributed by atoms with Gasteiger partial charge in [0.15, 0.2) is 23.2 Å². The third kappa shape index (κ3) is 5.27. The molecule has 0 unspecified atom stereocenters. The number of esters is 1. The van der Waals surface area contributed by atoms with Gasteiger partial charge in [0.2, 0.25) is 0 Å². The van der Waals surface area contributed by atoms with Crippen LogP contribution in [0.1, 0.15) is 28.0 Å². The number of halogens is 2. The van der Waals surface area contributed by atoms with E-state index < -0.39 is 11.8 Å². The fourth-order valence-electron chi connectivity index (χ4n) is 3.69. The number of hydrogen-bond donors (Lipinski definition) is 0. The number of benzene rings is 1. The molecule has 0 bridgehead atoms. The summed E-state index contributed by atoms with van der Waals surface area (Å²) in [4.78, 5) is 26.3. The lowest BCUT2D eigenvalue weighted by molar-refractivity contribution is 0.0520. The number of hydrogen-bond acceptors (Lipinski definition) is 10. The van der Waals surface area contributed by atoms with Crippen LogP contribution in [0.25, 0.3) is 22.9 Å². The maximum absolute atomic E-state index is 14.8. The van der Waals surface area contributed by atoms with Crippen molar-refractivity contribution >= 4 is 23.1 Å². The highest BCUT2D eigenvalue weighted by Crippen LogP contribution is 2.27. The highest BCUT2D eigenvalue weighted by molar-refractivity contribution is 7.09. The molecule has 5 aromatic rings. The number of carbonyl (C=O) groups is 1. The number of nitrogens with zero attached hydrogens (tertiary/aromatic N) is 7. The summed E-state index contributed by atoms with van der Waals surface area (Å²) in [7, 11) is 1.65. The van der Waals surface area contributed by atoms with Crippen molar-refractivity contribution in [2.75, 3.05) is 18.6 Å². The van der Waals surface area contributed by atoms with Crippen LogP contribution < -0.4 is 4.90 Å². The molecule has 0 aliphatic rings. The predicted molar refractivity (Wildman–Crippen MR) is 134 cm³/mol. The van der Waals surface area contributed by atoms with Gasteiger partial charge in [-0.3, -0.25) is 4.68 Å². The normalized spacial score (nSPS) is 11.1. The van der Waals surface area contributed by atoms with Crippen molar-refractivity contribution < 1.29 is 22.8 Å². The van der Waals surface area contributed by atoms with Crippen LogP contribution >= 0.6 is 11.3 Å². The van der Waals surface area contributed by atoms with Crippen molar-refractivity contribution in [1.29, 1.82) is 0 Å². The SMILES string of the molecule is CCOC(=O)c1csc(CN(C)c2nc(-c3cc(-c4ccon4)n(Cc4ccccc4F)n3)ncc2F)n1. The van der Waals surface area contributed by atoms with Gasteiger partial charge >= 0.3 is 5.97 Å². The Morgan fingerprint density at radius 1 is 1.16 bits per heavy atom. The van der Waals surface area contributed by atoms with Crippen LogP contribution in [0.15, 0.2) is 58.8 Å². The lowest BCUT2D eigenvalue weighted by Gasteiger charge is -2.17. The van der Waals surface area contributed by atoms with E-state index in [1.165, 1.54) is 23.7 Å². The molecule has 4 aromatic heterocycles. The summed E-state index contributed by atoms with van der Waals surface area (Å²) < 4.78 is 40.6. The second-order valence-electron chi connectivity index (χ2n) is 8.12. The van der Waals surface area contributed by atoms with Gasteiger partial charge in [0.1, 0.15) is 28.5 Å². The Hall–Kier alpha value is -4.52. The first kappa shape index (κ1) is 25.1. The second kappa shape index (κ2) is 10.8. The van der Waals surface area contributed by atoms with Crippen LogP contribution in [0.2, 0.25) is 0 Å². The van der Waals surface area contributed by atoms with Gasteiger partial charge in [-0.1, -0.05) is 23.4 Å². The molecule has 13 heteroatoms. The minimum atomic E-state index is -0.638. The zero-order valence-corrected chi connectivity index (χ0v) is 21.2. The first-order valence-corrected chi connectivity index (χ1v) is 12.4. The quantitative estimate of drug-likeness (QED) is 0.249. The van der Waals surface area contributed by atoms with Crippen molar-refractivity contribution in [3.05, 3.63) is 82.1 Å². The Morgan fingerprint density at radius 2 is 2.00 bits per heavy atom. The fraction of sp³-hybridized carbons (Fsp3) is 0.200. The van der Waals surface area contributed by atoms with Crippen LogP contribution in [0.4, 0.5) is 14.6 Å². The molecule has 0 saturated heterocycles. The van der Waals surface area contributed by atoms with Crippen LogP contribution in [0.3, 0.4) is 0 Å². The van der Waals surface area contributed by atoms with E-state index in [4.69, 9.17) is 9.26 Å². The predicted octanol–water partition coefficient (Wildman–Crippen LogP) is 4.59. The molecule has 0 amide bonds. The molecule has 0 aliphatic carbocycles. The van der Waals surface area contributed by atoms with E-state index in [9.17, 15) is 13.6 Å². The number of carbonyl (C=O) groups excluding carboxylic acids is 1. The highest BCUT2D eigenvalue weighted by atomic mass is 32.1. The van der Waals surface area contributed by atoms with E-state index in [-0.39, 0.29) is 42.8 Å². The minimum absolute atomic E-state index is 0.0227. The smallest absolute Gasteiger partial charge is 0.357 e. The third-order valence-corrected chi connectivity index (χ3v) is 6.32. The Bertz CT molecular complexity index is 1570. The third-order valence-electron chi connectivity index (χ3n) is 5.48. The van der Waals surface area contributed by atoms with Crippen LogP contribution in [-0.4, -0.2) is 49.5 Å². The zero-order valence-electron chi connectivity index (χ0n) is 20.3. The maximum atomic E-state index is 14.8. The summed E-state index contributed by atoms with van der Waals surface area (Å²) in [6.07, 6.45) is 2.48. The second-order valence-corrected chi connectivity index (χ2v) is 9.06. The summed E-state index contributed by atoms with van der Waals surface area (Å²) >= 11 is 1.26.